The van der Waals surface area contributed by atoms with Gasteiger partial charge in [-0.2, -0.15) is 0 Å². The summed E-state index contributed by atoms with van der Waals surface area (Å²) < 4.78 is 7.06. The van der Waals surface area contributed by atoms with Crippen LogP contribution in [0.5, 0.6) is 0 Å². The van der Waals surface area contributed by atoms with Gasteiger partial charge >= 0.3 is 5.97 Å². The van der Waals surface area contributed by atoms with Crippen LogP contribution < -0.4 is 0 Å². The smallest absolute Gasteiger partial charge is 0.309 e. The summed E-state index contributed by atoms with van der Waals surface area (Å²) in [5.74, 6) is -0.107. The molecule has 0 spiro atoms. The van der Waals surface area contributed by atoms with Gasteiger partial charge in [-0.3, -0.25) is 9.69 Å². The van der Waals surface area contributed by atoms with Crippen LogP contribution in [0.4, 0.5) is 0 Å². The Morgan fingerprint density at radius 1 is 1.62 bits per heavy atom. The minimum absolute atomic E-state index is 0.00170. The number of carbonyl (C=O) groups is 1. The maximum atomic E-state index is 11.1. The Labute approximate surface area is 82.3 Å². The Balaban J connectivity index is 2.28. The van der Waals surface area contributed by atoms with Crippen molar-refractivity contribution in [1.29, 1.82) is 0 Å². The number of esters is 1. The van der Waals surface area contributed by atoms with Crippen LogP contribution >= 0.6 is 0 Å². The number of methoxy groups -OCH3 is 1. The minimum Gasteiger partial charge on any atom is -0.469 e. The van der Waals surface area contributed by atoms with E-state index < -0.39 is 0 Å². The number of ether oxygens (including phenoxy) is 1. The van der Waals surface area contributed by atoms with Gasteiger partial charge in [-0.25, -0.2) is 0 Å². The molecule has 0 N–H and O–H groups in total. The Bertz CT molecular complexity index is 189. The molecule has 0 amide bonds. The first-order valence-electron chi connectivity index (χ1n) is 4.62. The molecule has 1 fully saturated rings. The van der Waals surface area contributed by atoms with Gasteiger partial charge in [-0.15, -0.1) is 0 Å². The van der Waals surface area contributed by atoms with E-state index in [2.05, 4.69) is 14.2 Å². The lowest BCUT2D eigenvalue weighted by molar-refractivity contribution is -0.145. The summed E-state index contributed by atoms with van der Waals surface area (Å²) in [6, 6.07) is 0. The van der Waals surface area contributed by atoms with Gasteiger partial charge in [0.15, 0.2) is 0 Å². The van der Waals surface area contributed by atoms with Gasteiger partial charge in [-0.05, 0) is 0 Å². The van der Waals surface area contributed by atoms with Crippen molar-refractivity contribution in [3.8, 4) is 0 Å². The number of nitrogens with zero attached hydrogens (tertiary/aromatic N) is 2. The molecule has 0 aromatic carbocycles. The lowest BCUT2D eigenvalue weighted by atomic mass is 10.2. The fourth-order valence-corrected chi connectivity index (χ4v) is 2.21. The van der Waals surface area contributed by atoms with Crippen LogP contribution in [0.1, 0.15) is 6.92 Å². The van der Waals surface area contributed by atoms with E-state index in [0.29, 0.717) is 0 Å². The summed E-state index contributed by atoms with van der Waals surface area (Å²) in [4.78, 5) is 13.4. The molecule has 0 radical (unpaired) electrons. The number of hydrogen-bond donors (Lipinski definition) is 0. The summed E-state index contributed by atoms with van der Waals surface area (Å²) >= 11 is 0. The van der Waals surface area contributed by atoms with E-state index >= 15 is 0 Å². The van der Waals surface area contributed by atoms with Gasteiger partial charge in [-0.1, -0.05) is 6.92 Å². The lowest BCUT2D eigenvalue weighted by Crippen LogP contribution is -2.31. The predicted molar refractivity (Wildman–Crippen MR) is 54.3 cm³/mol. The Morgan fingerprint density at radius 2 is 2.31 bits per heavy atom. The molecule has 1 rings (SSSR count). The van der Waals surface area contributed by atoms with E-state index in [4.69, 9.17) is 0 Å². The highest BCUT2D eigenvalue weighted by Crippen LogP contribution is 2.06. The number of hydrogen-bond acceptors (Lipinski definition) is 4. The zero-order valence-electron chi connectivity index (χ0n) is 8.62. The third-order valence-corrected chi connectivity index (χ3v) is 3.11. The SMILES string of the molecule is COC(=O)C(C)CN1CCN([SiH3])C1. The Hall–Kier alpha value is -0.393. The van der Waals surface area contributed by atoms with Crippen LogP contribution in [-0.2, 0) is 9.53 Å². The summed E-state index contributed by atoms with van der Waals surface area (Å²) in [6.45, 7) is 6.01. The average molecular weight is 202 g/mol. The molecule has 0 saturated carbocycles. The van der Waals surface area contributed by atoms with Crippen LogP contribution in [0.15, 0.2) is 0 Å². The van der Waals surface area contributed by atoms with E-state index in [1.54, 1.807) is 0 Å². The summed E-state index contributed by atoms with van der Waals surface area (Å²) in [6.07, 6.45) is 0. The summed E-state index contributed by atoms with van der Waals surface area (Å²) in [5.41, 5.74) is 0. The van der Waals surface area contributed by atoms with E-state index in [1.807, 2.05) is 6.92 Å². The second-order valence-corrected chi connectivity index (χ2v) is 4.99. The average Bonchev–Trinajstić information content (AvgIpc) is 2.49. The Kier molecular flexibility index (Phi) is 3.89. The van der Waals surface area contributed by atoms with Crippen molar-refractivity contribution in [1.82, 2.24) is 9.47 Å². The highest BCUT2D eigenvalue weighted by atomic mass is 28.2. The fourth-order valence-electron chi connectivity index (χ4n) is 1.61. The van der Waals surface area contributed by atoms with Crippen molar-refractivity contribution in [3.63, 3.8) is 0 Å². The summed E-state index contributed by atoms with van der Waals surface area (Å²) in [7, 11) is 2.56. The molecule has 0 aromatic rings. The molecule has 1 unspecified atom stereocenters. The molecule has 1 aliphatic heterocycles. The van der Waals surface area contributed by atoms with E-state index in [0.717, 1.165) is 36.7 Å². The molecule has 0 aliphatic carbocycles. The third kappa shape index (κ3) is 3.09. The molecule has 1 atom stereocenters. The third-order valence-electron chi connectivity index (χ3n) is 2.37. The van der Waals surface area contributed by atoms with Gasteiger partial charge in [0.05, 0.1) is 23.4 Å². The highest BCUT2D eigenvalue weighted by molar-refractivity contribution is 6.04. The first-order valence-corrected chi connectivity index (χ1v) is 5.51. The van der Waals surface area contributed by atoms with Crippen molar-refractivity contribution in [2.24, 2.45) is 5.92 Å². The minimum atomic E-state index is -0.105. The fraction of sp³-hybridized carbons (Fsp3) is 0.875. The number of carbonyl (C=O) groups excluding carboxylic acids is 1. The van der Waals surface area contributed by atoms with Crippen LogP contribution in [0.2, 0.25) is 0 Å². The zero-order valence-corrected chi connectivity index (χ0v) is 10.6. The second kappa shape index (κ2) is 4.73. The molecule has 5 heteroatoms. The predicted octanol–water partition coefficient (Wildman–Crippen LogP) is -1.35. The van der Waals surface area contributed by atoms with Crippen molar-refractivity contribution >= 4 is 16.4 Å². The molecule has 0 aromatic heterocycles. The zero-order chi connectivity index (χ0) is 9.84. The highest BCUT2D eigenvalue weighted by Gasteiger charge is 2.21. The van der Waals surface area contributed by atoms with Crippen molar-refractivity contribution in [3.05, 3.63) is 0 Å². The first-order chi connectivity index (χ1) is 6.13. The van der Waals surface area contributed by atoms with Gasteiger partial charge in [0.1, 0.15) is 0 Å². The molecule has 76 valence electrons. The van der Waals surface area contributed by atoms with Gasteiger partial charge < -0.3 is 9.30 Å². The van der Waals surface area contributed by atoms with Crippen molar-refractivity contribution < 1.29 is 9.53 Å². The van der Waals surface area contributed by atoms with Crippen molar-refractivity contribution in [2.45, 2.75) is 6.92 Å². The lowest BCUT2D eigenvalue weighted by Gasteiger charge is -2.18. The molecule has 4 nitrogen and oxygen atoms in total. The molecule has 1 aliphatic rings. The van der Waals surface area contributed by atoms with Crippen molar-refractivity contribution in [2.75, 3.05) is 33.4 Å². The van der Waals surface area contributed by atoms with Crippen LogP contribution in [0.25, 0.3) is 0 Å². The normalized spacial score (nSPS) is 22.0. The van der Waals surface area contributed by atoms with Crippen LogP contribution in [-0.4, -0.2) is 59.3 Å². The molecular weight excluding hydrogens is 184 g/mol. The molecular formula is C8H18N2O2Si. The summed E-state index contributed by atoms with van der Waals surface area (Å²) in [5, 5.41) is 0. The molecule has 1 saturated heterocycles. The topological polar surface area (TPSA) is 32.8 Å². The molecule has 0 bridgehead atoms. The first kappa shape index (κ1) is 10.7. The van der Waals surface area contributed by atoms with Gasteiger partial charge in [0.25, 0.3) is 0 Å². The Morgan fingerprint density at radius 3 is 2.77 bits per heavy atom. The largest absolute Gasteiger partial charge is 0.469 e. The van der Waals surface area contributed by atoms with Crippen LogP contribution in [0, 0.1) is 5.92 Å². The van der Waals surface area contributed by atoms with E-state index in [-0.39, 0.29) is 11.9 Å². The standard InChI is InChI=1S/C8H18N2O2Si/c1-7(8(11)12-2)5-9-3-4-10(13)6-9/h7H,3-6H2,1-2,13H3. The quantitative estimate of drug-likeness (QED) is 0.418. The molecule has 1 heterocycles. The van der Waals surface area contributed by atoms with Gasteiger partial charge in [0, 0.05) is 26.3 Å². The monoisotopic (exact) mass is 202 g/mol. The van der Waals surface area contributed by atoms with E-state index in [1.165, 1.54) is 7.11 Å². The maximum absolute atomic E-state index is 11.1. The number of rotatable bonds is 3. The van der Waals surface area contributed by atoms with E-state index in [9.17, 15) is 4.79 Å². The van der Waals surface area contributed by atoms with Gasteiger partial charge in [0.2, 0.25) is 0 Å². The molecule has 13 heavy (non-hydrogen) atoms. The maximum Gasteiger partial charge on any atom is 0.309 e. The second-order valence-electron chi connectivity index (χ2n) is 3.72. The van der Waals surface area contributed by atoms with Crippen LogP contribution in [0.3, 0.4) is 0 Å².